The van der Waals surface area contributed by atoms with Gasteiger partial charge in [0.2, 0.25) is 0 Å². The van der Waals surface area contributed by atoms with Gasteiger partial charge in [0.05, 0.1) is 17.7 Å². The number of aldehydes is 1. The highest BCUT2D eigenvalue weighted by molar-refractivity contribution is 9.10. The molecule has 0 heterocycles. The summed E-state index contributed by atoms with van der Waals surface area (Å²) >= 11 is 3.38. The Kier molecular flexibility index (Phi) is 5.96. The zero-order valence-electron chi connectivity index (χ0n) is 11.8. The molecule has 0 N–H and O–H groups in total. The Morgan fingerprint density at radius 1 is 1.14 bits per heavy atom. The van der Waals surface area contributed by atoms with Crippen molar-refractivity contribution in [3.05, 3.63) is 64.1 Å². The van der Waals surface area contributed by atoms with Gasteiger partial charge in [0.1, 0.15) is 11.9 Å². The van der Waals surface area contributed by atoms with Crippen molar-refractivity contribution < 1.29 is 14.3 Å². The summed E-state index contributed by atoms with van der Waals surface area (Å²) in [6, 6.07) is 15.4. The van der Waals surface area contributed by atoms with Gasteiger partial charge in [0.25, 0.3) is 0 Å². The second kappa shape index (κ2) is 7.96. The Labute approximate surface area is 133 Å². The average Bonchev–Trinajstić information content (AvgIpc) is 2.50. The molecular formula is C17H17BrO3. The van der Waals surface area contributed by atoms with E-state index in [1.165, 1.54) is 0 Å². The Bertz CT molecular complexity index is 584. The minimum absolute atomic E-state index is 0.105. The number of carbonyl (C=O) groups is 1. The number of hydrogen-bond acceptors (Lipinski definition) is 3. The molecule has 4 heteroatoms. The molecule has 110 valence electrons. The SMILES string of the molecule is CC(COCc1ccccc1)Oc1cccc(C=O)c1Br. The molecule has 0 saturated carbocycles. The third-order valence-corrected chi connectivity index (χ3v) is 3.76. The largest absolute Gasteiger partial charge is 0.487 e. The molecule has 2 aromatic rings. The standard InChI is InChI=1S/C17H17BrO3/c1-13(11-20-12-14-6-3-2-4-7-14)21-16-9-5-8-15(10-19)17(16)18/h2-10,13H,11-12H2,1H3. The zero-order valence-corrected chi connectivity index (χ0v) is 13.4. The van der Waals surface area contributed by atoms with E-state index in [1.54, 1.807) is 12.1 Å². The van der Waals surface area contributed by atoms with E-state index >= 15 is 0 Å². The maximum absolute atomic E-state index is 10.9. The first-order chi connectivity index (χ1) is 10.2. The number of carbonyl (C=O) groups excluding carboxylic acids is 1. The van der Waals surface area contributed by atoms with Gasteiger partial charge in [-0.1, -0.05) is 42.5 Å². The van der Waals surface area contributed by atoms with E-state index in [9.17, 15) is 4.79 Å². The Hall–Kier alpha value is -1.65. The van der Waals surface area contributed by atoms with E-state index in [0.29, 0.717) is 29.0 Å². The van der Waals surface area contributed by atoms with Gasteiger partial charge < -0.3 is 9.47 Å². The highest BCUT2D eigenvalue weighted by Gasteiger charge is 2.10. The van der Waals surface area contributed by atoms with Crippen LogP contribution < -0.4 is 4.74 Å². The number of rotatable bonds is 7. The molecule has 0 amide bonds. The minimum atomic E-state index is -0.105. The fourth-order valence-electron chi connectivity index (χ4n) is 1.88. The van der Waals surface area contributed by atoms with Crippen molar-refractivity contribution in [2.24, 2.45) is 0 Å². The lowest BCUT2D eigenvalue weighted by Gasteiger charge is -2.16. The molecule has 2 aromatic carbocycles. The quantitative estimate of drug-likeness (QED) is 0.701. The molecule has 1 unspecified atom stereocenters. The Morgan fingerprint density at radius 2 is 1.90 bits per heavy atom. The molecule has 0 bridgehead atoms. The molecule has 0 aliphatic carbocycles. The van der Waals surface area contributed by atoms with Gasteiger partial charge in [-0.05, 0) is 34.5 Å². The molecule has 0 aromatic heterocycles. The third kappa shape index (κ3) is 4.69. The predicted octanol–water partition coefficient (Wildman–Crippen LogP) is 4.25. The minimum Gasteiger partial charge on any atom is -0.487 e. The monoisotopic (exact) mass is 348 g/mol. The van der Waals surface area contributed by atoms with Crippen molar-refractivity contribution in [2.75, 3.05) is 6.61 Å². The number of benzene rings is 2. The van der Waals surface area contributed by atoms with Crippen molar-refractivity contribution in [1.82, 2.24) is 0 Å². The van der Waals surface area contributed by atoms with Crippen molar-refractivity contribution in [1.29, 1.82) is 0 Å². The highest BCUT2D eigenvalue weighted by atomic mass is 79.9. The molecule has 0 saturated heterocycles. The number of halogens is 1. The van der Waals surface area contributed by atoms with E-state index in [4.69, 9.17) is 9.47 Å². The van der Waals surface area contributed by atoms with Gasteiger partial charge >= 0.3 is 0 Å². The molecule has 0 radical (unpaired) electrons. The first-order valence-electron chi connectivity index (χ1n) is 6.72. The van der Waals surface area contributed by atoms with Crippen LogP contribution >= 0.6 is 15.9 Å². The second-order valence-corrected chi connectivity index (χ2v) is 5.50. The van der Waals surface area contributed by atoms with Crippen LogP contribution in [0.2, 0.25) is 0 Å². The molecule has 21 heavy (non-hydrogen) atoms. The molecular weight excluding hydrogens is 332 g/mol. The second-order valence-electron chi connectivity index (χ2n) is 4.71. The van der Waals surface area contributed by atoms with Crippen molar-refractivity contribution in [2.45, 2.75) is 19.6 Å². The number of hydrogen-bond donors (Lipinski definition) is 0. The van der Waals surface area contributed by atoms with Crippen LogP contribution in [-0.4, -0.2) is 19.0 Å². The molecule has 0 spiro atoms. The summed E-state index contributed by atoms with van der Waals surface area (Å²) in [4.78, 5) is 10.9. The summed E-state index contributed by atoms with van der Waals surface area (Å²) in [7, 11) is 0. The van der Waals surface area contributed by atoms with E-state index in [0.717, 1.165) is 11.8 Å². The number of ether oxygens (including phenoxy) is 2. The van der Waals surface area contributed by atoms with Gasteiger partial charge in [-0.2, -0.15) is 0 Å². The summed E-state index contributed by atoms with van der Waals surface area (Å²) in [6.07, 6.45) is 0.694. The first-order valence-corrected chi connectivity index (χ1v) is 7.52. The van der Waals surface area contributed by atoms with E-state index < -0.39 is 0 Å². The molecule has 0 aliphatic heterocycles. The van der Waals surface area contributed by atoms with Gasteiger partial charge in [0.15, 0.2) is 6.29 Å². The lowest BCUT2D eigenvalue weighted by Crippen LogP contribution is -2.19. The molecule has 0 aliphatic rings. The van der Waals surface area contributed by atoms with Gasteiger partial charge in [-0.25, -0.2) is 0 Å². The lowest BCUT2D eigenvalue weighted by atomic mass is 10.2. The third-order valence-electron chi connectivity index (χ3n) is 2.91. The van der Waals surface area contributed by atoms with E-state index in [-0.39, 0.29) is 6.10 Å². The van der Waals surface area contributed by atoms with Crippen LogP contribution in [0.3, 0.4) is 0 Å². The van der Waals surface area contributed by atoms with Crippen LogP contribution in [0.25, 0.3) is 0 Å². The van der Waals surface area contributed by atoms with Gasteiger partial charge in [-0.3, -0.25) is 4.79 Å². The van der Waals surface area contributed by atoms with E-state index in [1.807, 2.05) is 43.3 Å². The van der Waals surface area contributed by atoms with E-state index in [2.05, 4.69) is 15.9 Å². The first kappa shape index (κ1) is 15.7. The van der Waals surface area contributed by atoms with Crippen molar-refractivity contribution in [3.8, 4) is 5.75 Å². The molecule has 2 rings (SSSR count). The zero-order chi connectivity index (χ0) is 15.1. The Balaban J connectivity index is 1.84. The normalized spacial score (nSPS) is 11.9. The van der Waals surface area contributed by atoms with Crippen LogP contribution in [0.5, 0.6) is 5.75 Å². The molecule has 3 nitrogen and oxygen atoms in total. The van der Waals surface area contributed by atoms with Crippen molar-refractivity contribution in [3.63, 3.8) is 0 Å². The maximum Gasteiger partial charge on any atom is 0.151 e. The van der Waals surface area contributed by atoms with Crippen LogP contribution in [0, 0.1) is 0 Å². The lowest BCUT2D eigenvalue weighted by molar-refractivity contribution is 0.0489. The summed E-state index contributed by atoms with van der Waals surface area (Å²) in [5.41, 5.74) is 1.71. The van der Waals surface area contributed by atoms with Gasteiger partial charge in [-0.15, -0.1) is 0 Å². The predicted molar refractivity (Wildman–Crippen MR) is 85.7 cm³/mol. The van der Waals surface area contributed by atoms with Crippen molar-refractivity contribution >= 4 is 22.2 Å². The topological polar surface area (TPSA) is 35.5 Å². The van der Waals surface area contributed by atoms with Gasteiger partial charge in [0, 0.05) is 5.56 Å². The summed E-state index contributed by atoms with van der Waals surface area (Å²) < 4.78 is 12.1. The fourth-order valence-corrected chi connectivity index (χ4v) is 2.33. The smallest absolute Gasteiger partial charge is 0.151 e. The summed E-state index contributed by atoms with van der Waals surface area (Å²) in [5, 5.41) is 0. The summed E-state index contributed by atoms with van der Waals surface area (Å²) in [5.74, 6) is 0.649. The fraction of sp³-hybridized carbons (Fsp3) is 0.235. The summed E-state index contributed by atoms with van der Waals surface area (Å²) in [6.45, 7) is 2.97. The van der Waals surface area contributed by atoms with Crippen LogP contribution in [-0.2, 0) is 11.3 Å². The maximum atomic E-state index is 10.9. The van der Waals surface area contributed by atoms with Crippen LogP contribution in [0.4, 0.5) is 0 Å². The molecule has 1 atom stereocenters. The average molecular weight is 349 g/mol. The Morgan fingerprint density at radius 3 is 2.62 bits per heavy atom. The van der Waals surface area contributed by atoms with Crippen LogP contribution in [0.1, 0.15) is 22.8 Å². The molecule has 0 fully saturated rings. The highest BCUT2D eigenvalue weighted by Crippen LogP contribution is 2.28. The van der Waals surface area contributed by atoms with Crippen LogP contribution in [0.15, 0.2) is 53.0 Å².